The quantitative estimate of drug-likeness (QED) is 0.748. The Labute approximate surface area is 126 Å². The molecular weight excluding hydrogens is 269 g/mol. The van der Waals surface area contributed by atoms with Gasteiger partial charge in [0.15, 0.2) is 0 Å². The Balaban J connectivity index is 1.86. The number of hydrogen-bond acceptors (Lipinski definition) is 4. The number of aromatic nitrogens is 1. The molecule has 0 aromatic carbocycles. The molecule has 1 fully saturated rings. The SMILES string of the molecule is CCCNCc1cc(F)cnc1OCCC1CCCN1C. The van der Waals surface area contributed by atoms with E-state index in [0.29, 0.717) is 25.1 Å². The van der Waals surface area contributed by atoms with Crippen LogP contribution in [-0.2, 0) is 6.54 Å². The largest absolute Gasteiger partial charge is 0.477 e. The first-order valence-corrected chi connectivity index (χ1v) is 7.89. The maximum absolute atomic E-state index is 13.3. The second kappa shape index (κ2) is 8.29. The number of halogens is 1. The average Bonchev–Trinajstić information content (AvgIpc) is 2.87. The van der Waals surface area contributed by atoms with Crippen LogP contribution >= 0.6 is 0 Å². The Morgan fingerprint density at radius 1 is 1.52 bits per heavy atom. The van der Waals surface area contributed by atoms with E-state index in [0.717, 1.165) is 24.9 Å². The fourth-order valence-electron chi connectivity index (χ4n) is 2.76. The molecule has 2 heterocycles. The van der Waals surface area contributed by atoms with Crippen molar-refractivity contribution in [3.8, 4) is 5.88 Å². The topological polar surface area (TPSA) is 37.4 Å². The zero-order valence-electron chi connectivity index (χ0n) is 13.1. The number of rotatable bonds is 8. The molecule has 0 saturated carbocycles. The van der Waals surface area contributed by atoms with Crippen molar-refractivity contribution >= 4 is 0 Å². The van der Waals surface area contributed by atoms with Gasteiger partial charge in [-0.1, -0.05) is 6.92 Å². The molecule has 0 amide bonds. The summed E-state index contributed by atoms with van der Waals surface area (Å²) in [6.07, 6.45) is 5.77. The van der Waals surface area contributed by atoms with Gasteiger partial charge >= 0.3 is 0 Å². The number of nitrogens with one attached hydrogen (secondary N) is 1. The van der Waals surface area contributed by atoms with Gasteiger partial charge in [-0.3, -0.25) is 0 Å². The molecular formula is C16H26FN3O. The summed E-state index contributed by atoms with van der Waals surface area (Å²) in [6.45, 7) is 5.41. The fourth-order valence-corrected chi connectivity index (χ4v) is 2.76. The molecule has 0 bridgehead atoms. The van der Waals surface area contributed by atoms with Gasteiger partial charge in [-0.15, -0.1) is 0 Å². The molecule has 1 aliphatic rings. The second-order valence-corrected chi connectivity index (χ2v) is 5.71. The first-order chi connectivity index (χ1) is 10.2. The van der Waals surface area contributed by atoms with E-state index in [2.05, 4.69) is 29.2 Å². The maximum atomic E-state index is 13.3. The molecule has 5 heteroatoms. The first kappa shape index (κ1) is 16.2. The smallest absolute Gasteiger partial charge is 0.218 e. The van der Waals surface area contributed by atoms with Crippen LogP contribution in [0.25, 0.3) is 0 Å². The lowest BCUT2D eigenvalue weighted by Gasteiger charge is -2.19. The number of nitrogens with zero attached hydrogens (tertiary/aromatic N) is 2. The van der Waals surface area contributed by atoms with Gasteiger partial charge in [0.2, 0.25) is 5.88 Å². The van der Waals surface area contributed by atoms with Gasteiger partial charge in [0.25, 0.3) is 0 Å². The summed E-state index contributed by atoms with van der Waals surface area (Å²) in [5.74, 6) is 0.242. The van der Waals surface area contributed by atoms with Gasteiger partial charge in [0.05, 0.1) is 12.8 Å². The Morgan fingerprint density at radius 3 is 3.10 bits per heavy atom. The summed E-state index contributed by atoms with van der Waals surface area (Å²) in [7, 11) is 2.16. The van der Waals surface area contributed by atoms with Crippen LogP contribution in [0.2, 0.25) is 0 Å². The molecule has 4 nitrogen and oxygen atoms in total. The van der Waals surface area contributed by atoms with E-state index >= 15 is 0 Å². The molecule has 1 saturated heterocycles. The van der Waals surface area contributed by atoms with E-state index in [4.69, 9.17) is 4.74 Å². The molecule has 1 aliphatic heterocycles. The summed E-state index contributed by atoms with van der Waals surface area (Å²) in [4.78, 5) is 6.47. The van der Waals surface area contributed by atoms with Gasteiger partial charge in [0.1, 0.15) is 5.82 Å². The Bertz CT molecular complexity index is 442. The van der Waals surface area contributed by atoms with Crippen LogP contribution in [0.3, 0.4) is 0 Å². The van der Waals surface area contributed by atoms with Crippen molar-refractivity contribution in [1.29, 1.82) is 0 Å². The van der Waals surface area contributed by atoms with E-state index in [9.17, 15) is 4.39 Å². The van der Waals surface area contributed by atoms with Crippen molar-refractivity contribution in [2.75, 3.05) is 26.7 Å². The zero-order chi connectivity index (χ0) is 15.1. The number of hydrogen-bond donors (Lipinski definition) is 1. The minimum atomic E-state index is -0.314. The standard InChI is InChI=1S/C16H26FN3O/c1-3-7-18-11-13-10-14(17)12-19-16(13)21-9-6-15-5-4-8-20(15)2/h10,12,15,18H,3-9,11H2,1-2H3. The number of ether oxygens (including phenoxy) is 1. The number of likely N-dealkylation sites (tertiary alicyclic amines) is 1. The lowest BCUT2D eigenvalue weighted by molar-refractivity contribution is 0.226. The summed E-state index contributed by atoms with van der Waals surface area (Å²) in [5.41, 5.74) is 0.795. The van der Waals surface area contributed by atoms with Crippen molar-refractivity contribution < 1.29 is 9.13 Å². The molecule has 1 aromatic heterocycles. The van der Waals surface area contributed by atoms with E-state index in [1.165, 1.54) is 31.6 Å². The second-order valence-electron chi connectivity index (χ2n) is 5.71. The van der Waals surface area contributed by atoms with E-state index in [-0.39, 0.29) is 5.82 Å². The van der Waals surface area contributed by atoms with E-state index in [1.807, 2.05) is 0 Å². The average molecular weight is 295 g/mol. The third kappa shape index (κ3) is 4.93. The maximum Gasteiger partial charge on any atom is 0.218 e. The molecule has 0 aliphatic carbocycles. The fraction of sp³-hybridized carbons (Fsp3) is 0.688. The van der Waals surface area contributed by atoms with E-state index < -0.39 is 0 Å². The third-order valence-corrected chi connectivity index (χ3v) is 4.00. The van der Waals surface area contributed by atoms with Crippen molar-refractivity contribution in [2.24, 2.45) is 0 Å². The van der Waals surface area contributed by atoms with Gasteiger partial charge in [-0.25, -0.2) is 9.37 Å². The zero-order valence-corrected chi connectivity index (χ0v) is 13.1. The normalized spacial score (nSPS) is 19.1. The van der Waals surface area contributed by atoms with Gasteiger partial charge in [-0.2, -0.15) is 0 Å². The van der Waals surface area contributed by atoms with Crippen molar-refractivity contribution in [1.82, 2.24) is 15.2 Å². The van der Waals surface area contributed by atoms with E-state index in [1.54, 1.807) is 0 Å². The molecule has 118 valence electrons. The minimum Gasteiger partial charge on any atom is -0.477 e. The molecule has 21 heavy (non-hydrogen) atoms. The lowest BCUT2D eigenvalue weighted by Crippen LogP contribution is -2.26. The van der Waals surface area contributed by atoms with Crippen LogP contribution in [0.4, 0.5) is 4.39 Å². The summed E-state index contributed by atoms with van der Waals surface area (Å²) < 4.78 is 19.1. The predicted octanol–water partition coefficient (Wildman–Crippen LogP) is 2.58. The molecule has 0 spiro atoms. The summed E-state index contributed by atoms with van der Waals surface area (Å²) >= 11 is 0. The monoisotopic (exact) mass is 295 g/mol. The van der Waals surface area contributed by atoms with Gasteiger partial charge in [-0.05, 0) is 51.9 Å². The highest BCUT2D eigenvalue weighted by atomic mass is 19.1. The van der Waals surface area contributed by atoms with Crippen LogP contribution < -0.4 is 10.1 Å². The van der Waals surface area contributed by atoms with Crippen molar-refractivity contribution in [2.45, 2.75) is 45.2 Å². The predicted molar refractivity (Wildman–Crippen MR) is 82.0 cm³/mol. The van der Waals surface area contributed by atoms with Crippen molar-refractivity contribution in [3.05, 3.63) is 23.6 Å². The van der Waals surface area contributed by atoms with Crippen LogP contribution in [0.1, 0.15) is 38.2 Å². The van der Waals surface area contributed by atoms with Crippen LogP contribution in [0.15, 0.2) is 12.3 Å². The summed E-state index contributed by atoms with van der Waals surface area (Å²) in [6, 6.07) is 2.11. The molecule has 0 radical (unpaired) electrons. The Morgan fingerprint density at radius 2 is 2.38 bits per heavy atom. The van der Waals surface area contributed by atoms with Crippen LogP contribution in [0.5, 0.6) is 5.88 Å². The highest BCUT2D eigenvalue weighted by Gasteiger charge is 2.20. The molecule has 1 unspecified atom stereocenters. The first-order valence-electron chi connectivity index (χ1n) is 7.89. The summed E-state index contributed by atoms with van der Waals surface area (Å²) in [5, 5.41) is 3.26. The molecule has 1 N–H and O–H groups in total. The van der Waals surface area contributed by atoms with Gasteiger partial charge < -0.3 is 15.0 Å². The van der Waals surface area contributed by atoms with Crippen molar-refractivity contribution in [3.63, 3.8) is 0 Å². The van der Waals surface area contributed by atoms with Crippen LogP contribution in [-0.4, -0.2) is 42.7 Å². The highest BCUT2D eigenvalue weighted by molar-refractivity contribution is 5.26. The lowest BCUT2D eigenvalue weighted by atomic mass is 10.1. The highest BCUT2D eigenvalue weighted by Crippen LogP contribution is 2.20. The molecule has 1 atom stereocenters. The number of pyridine rings is 1. The van der Waals surface area contributed by atoms with Gasteiger partial charge in [0, 0.05) is 18.2 Å². The van der Waals surface area contributed by atoms with Crippen LogP contribution in [0, 0.1) is 5.82 Å². The minimum absolute atomic E-state index is 0.314. The molecule has 1 aromatic rings. The molecule has 2 rings (SSSR count). The Hall–Kier alpha value is -1.20. The third-order valence-electron chi connectivity index (χ3n) is 4.00. The Kier molecular flexibility index (Phi) is 6.39.